The maximum Gasteiger partial charge on any atom is 0.277 e. The predicted molar refractivity (Wildman–Crippen MR) is 119 cm³/mol. The van der Waals surface area contributed by atoms with Gasteiger partial charge in [-0.15, -0.1) is 21.5 Å². The third kappa shape index (κ3) is 4.95. The van der Waals surface area contributed by atoms with Crippen molar-refractivity contribution in [2.45, 2.75) is 11.3 Å². The number of carbonyl (C=O) groups is 1. The van der Waals surface area contributed by atoms with E-state index in [9.17, 15) is 4.79 Å². The molecule has 2 heterocycles. The second-order valence-corrected chi connectivity index (χ2v) is 8.83. The van der Waals surface area contributed by atoms with Crippen molar-refractivity contribution in [2.24, 2.45) is 0 Å². The van der Waals surface area contributed by atoms with Gasteiger partial charge in [-0.2, -0.15) is 0 Å². The Morgan fingerprint density at radius 3 is 2.62 bits per heavy atom. The first-order chi connectivity index (χ1) is 14.2. The molecular formula is C21H16BrN3O2S2. The highest BCUT2D eigenvalue weighted by molar-refractivity contribution is 9.10. The average Bonchev–Trinajstić information content (AvgIpc) is 3.44. The molecule has 0 aliphatic heterocycles. The summed E-state index contributed by atoms with van der Waals surface area (Å²) in [7, 11) is 0. The Labute approximate surface area is 184 Å². The van der Waals surface area contributed by atoms with Crippen LogP contribution in [-0.4, -0.2) is 21.9 Å². The van der Waals surface area contributed by atoms with E-state index in [-0.39, 0.29) is 17.7 Å². The highest BCUT2D eigenvalue weighted by Gasteiger charge is 2.19. The lowest BCUT2D eigenvalue weighted by molar-refractivity contribution is -0.119. The largest absolute Gasteiger partial charge is 0.411 e. The van der Waals surface area contributed by atoms with Crippen molar-refractivity contribution in [3.63, 3.8) is 0 Å². The van der Waals surface area contributed by atoms with Gasteiger partial charge in [0.15, 0.2) is 0 Å². The van der Waals surface area contributed by atoms with Crippen LogP contribution in [0.4, 0.5) is 0 Å². The molecule has 1 amide bonds. The molecule has 0 aliphatic rings. The Kier molecular flexibility index (Phi) is 6.43. The molecule has 146 valence electrons. The number of aromatic nitrogens is 2. The molecule has 0 radical (unpaired) electrons. The lowest BCUT2D eigenvalue weighted by atomic mass is 10.1. The van der Waals surface area contributed by atoms with E-state index in [2.05, 4.69) is 31.4 Å². The molecule has 0 saturated heterocycles. The summed E-state index contributed by atoms with van der Waals surface area (Å²) in [5.74, 6) is 0.505. The zero-order valence-electron chi connectivity index (χ0n) is 15.1. The van der Waals surface area contributed by atoms with Crippen molar-refractivity contribution in [2.75, 3.05) is 5.75 Å². The van der Waals surface area contributed by atoms with Crippen LogP contribution in [-0.2, 0) is 4.79 Å². The molecule has 4 aromatic rings. The quantitative estimate of drug-likeness (QED) is 0.347. The summed E-state index contributed by atoms with van der Waals surface area (Å²) in [5, 5.41) is 13.6. The summed E-state index contributed by atoms with van der Waals surface area (Å²) in [6, 6.07) is 21.4. The summed E-state index contributed by atoms with van der Waals surface area (Å²) < 4.78 is 6.57. The number of rotatable bonds is 7. The molecule has 1 N–H and O–H groups in total. The third-order valence-corrected chi connectivity index (χ3v) is 6.55. The summed E-state index contributed by atoms with van der Waals surface area (Å²) >= 11 is 6.31. The Bertz CT molecular complexity index is 1080. The summed E-state index contributed by atoms with van der Waals surface area (Å²) in [6.07, 6.45) is 0. The maximum absolute atomic E-state index is 12.6. The van der Waals surface area contributed by atoms with Gasteiger partial charge in [-0.05, 0) is 45.1 Å². The van der Waals surface area contributed by atoms with E-state index in [0.717, 1.165) is 20.5 Å². The van der Waals surface area contributed by atoms with E-state index in [0.29, 0.717) is 11.1 Å². The first-order valence-corrected chi connectivity index (χ1v) is 11.5. The van der Waals surface area contributed by atoms with Gasteiger partial charge >= 0.3 is 0 Å². The minimum atomic E-state index is -0.178. The molecule has 5 nitrogen and oxygen atoms in total. The zero-order valence-corrected chi connectivity index (χ0v) is 18.3. The Hall–Kier alpha value is -2.42. The van der Waals surface area contributed by atoms with Gasteiger partial charge in [0.2, 0.25) is 11.8 Å². The molecule has 0 fully saturated rings. The van der Waals surface area contributed by atoms with Gasteiger partial charge < -0.3 is 9.73 Å². The number of thioether (sulfide) groups is 1. The molecule has 0 spiro atoms. The van der Waals surface area contributed by atoms with Crippen LogP contribution in [0.2, 0.25) is 0 Å². The Morgan fingerprint density at radius 1 is 1.07 bits per heavy atom. The first-order valence-electron chi connectivity index (χ1n) is 8.79. The van der Waals surface area contributed by atoms with Gasteiger partial charge in [0.1, 0.15) is 0 Å². The van der Waals surface area contributed by atoms with Crippen LogP contribution in [0, 0.1) is 0 Å². The van der Waals surface area contributed by atoms with Crippen molar-refractivity contribution in [3.05, 3.63) is 87.0 Å². The fraction of sp³-hybridized carbons (Fsp3) is 0.0952. The fourth-order valence-corrected chi connectivity index (χ4v) is 4.59. The number of thiophene rings is 1. The fourth-order valence-electron chi connectivity index (χ4n) is 2.76. The number of nitrogens with one attached hydrogen (secondary N) is 1. The first kappa shape index (κ1) is 19.9. The summed E-state index contributed by atoms with van der Waals surface area (Å²) in [4.78, 5) is 13.7. The molecule has 0 aliphatic carbocycles. The highest BCUT2D eigenvalue weighted by atomic mass is 79.9. The molecule has 2 aromatic heterocycles. The molecule has 0 saturated carbocycles. The topological polar surface area (TPSA) is 68.0 Å². The number of halogens is 1. The number of nitrogens with zero attached hydrogens (tertiary/aromatic N) is 2. The highest BCUT2D eigenvalue weighted by Crippen LogP contribution is 2.29. The van der Waals surface area contributed by atoms with E-state index in [1.165, 1.54) is 11.8 Å². The van der Waals surface area contributed by atoms with Crippen molar-refractivity contribution in [3.8, 4) is 11.5 Å². The van der Waals surface area contributed by atoms with Crippen molar-refractivity contribution < 1.29 is 9.21 Å². The van der Waals surface area contributed by atoms with Crippen LogP contribution in [0.15, 0.2) is 86.2 Å². The van der Waals surface area contributed by atoms with Gasteiger partial charge in [-0.25, -0.2) is 0 Å². The lowest BCUT2D eigenvalue weighted by Crippen LogP contribution is -2.30. The van der Waals surface area contributed by atoms with E-state index in [1.807, 2.05) is 72.1 Å². The minimum absolute atomic E-state index is 0.0992. The van der Waals surface area contributed by atoms with Gasteiger partial charge in [0.05, 0.1) is 17.4 Å². The van der Waals surface area contributed by atoms with Crippen LogP contribution in [0.25, 0.3) is 11.5 Å². The number of hydrogen-bond acceptors (Lipinski definition) is 6. The molecule has 4 rings (SSSR count). The number of carbonyl (C=O) groups excluding carboxylic acids is 1. The zero-order chi connectivity index (χ0) is 20.1. The lowest BCUT2D eigenvalue weighted by Gasteiger charge is -2.17. The SMILES string of the molecule is O=C(CSc1nnc(-c2ccccc2Br)o1)N[C@H](c1ccccc1)c1cccs1. The molecule has 2 aromatic carbocycles. The van der Waals surface area contributed by atoms with Crippen LogP contribution < -0.4 is 5.32 Å². The van der Waals surface area contributed by atoms with Gasteiger partial charge in [-0.1, -0.05) is 60.3 Å². The molecule has 0 bridgehead atoms. The van der Waals surface area contributed by atoms with Crippen molar-refractivity contribution >= 4 is 44.9 Å². The van der Waals surface area contributed by atoms with E-state index in [1.54, 1.807) is 11.3 Å². The Balaban J connectivity index is 1.41. The van der Waals surface area contributed by atoms with Gasteiger partial charge in [0, 0.05) is 9.35 Å². The van der Waals surface area contributed by atoms with Crippen LogP contribution in [0.3, 0.4) is 0 Å². The number of benzene rings is 2. The van der Waals surface area contributed by atoms with Crippen molar-refractivity contribution in [1.82, 2.24) is 15.5 Å². The summed E-state index contributed by atoms with van der Waals surface area (Å²) in [6.45, 7) is 0. The monoisotopic (exact) mass is 485 g/mol. The smallest absolute Gasteiger partial charge is 0.277 e. The minimum Gasteiger partial charge on any atom is -0.411 e. The summed E-state index contributed by atoms with van der Waals surface area (Å²) in [5.41, 5.74) is 1.86. The van der Waals surface area contributed by atoms with Crippen LogP contribution >= 0.6 is 39.0 Å². The molecule has 8 heteroatoms. The van der Waals surface area contributed by atoms with E-state index < -0.39 is 0 Å². The third-order valence-electron chi connectivity index (χ3n) is 4.10. The van der Waals surface area contributed by atoms with Gasteiger partial charge in [-0.3, -0.25) is 4.79 Å². The van der Waals surface area contributed by atoms with Gasteiger partial charge in [0.25, 0.3) is 5.22 Å². The normalized spacial score (nSPS) is 11.9. The number of hydrogen-bond donors (Lipinski definition) is 1. The van der Waals surface area contributed by atoms with Crippen molar-refractivity contribution in [1.29, 1.82) is 0 Å². The maximum atomic E-state index is 12.6. The average molecular weight is 486 g/mol. The van der Waals surface area contributed by atoms with Crippen LogP contribution in [0.5, 0.6) is 0 Å². The van der Waals surface area contributed by atoms with E-state index >= 15 is 0 Å². The second-order valence-electron chi connectivity index (χ2n) is 6.07. The van der Waals surface area contributed by atoms with E-state index in [4.69, 9.17) is 4.42 Å². The number of amides is 1. The van der Waals surface area contributed by atoms with Crippen LogP contribution in [0.1, 0.15) is 16.5 Å². The second kappa shape index (κ2) is 9.39. The molecule has 1 atom stereocenters. The molecule has 29 heavy (non-hydrogen) atoms. The predicted octanol–water partition coefficient (Wildman–Crippen LogP) is 5.56. The molecule has 0 unspecified atom stereocenters. The standard InChI is InChI=1S/C21H16BrN3O2S2/c22-16-10-5-4-9-15(16)20-24-25-21(27-20)29-13-18(26)23-19(17-11-6-12-28-17)14-7-2-1-3-8-14/h1-12,19H,13H2,(H,23,26)/t19-/m1/s1. The molecular weight excluding hydrogens is 470 g/mol. The Morgan fingerprint density at radius 2 is 1.86 bits per heavy atom.